The maximum Gasteiger partial charge on any atom is 0.272 e. The van der Waals surface area contributed by atoms with Crippen molar-refractivity contribution in [2.45, 2.75) is 39.3 Å². The minimum absolute atomic E-state index is 0.0823. The van der Waals surface area contributed by atoms with Crippen LogP contribution in [0.15, 0.2) is 17.6 Å². The number of nitrogens with zero attached hydrogens (tertiary/aromatic N) is 6. The number of carbonyl (C=O) groups excluding carboxylic acids is 1. The molecule has 0 bridgehead atoms. The summed E-state index contributed by atoms with van der Waals surface area (Å²) < 4.78 is 1.77. The van der Waals surface area contributed by atoms with Gasteiger partial charge >= 0.3 is 0 Å². The van der Waals surface area contributed by atoms with Crippen molar-refractivity contribution < 1.29 is 4.79 Å². The number of thiazole rings is 1. The lowest BCUT2D eigenvalue weighted by atomic mass is 10.1. The Labute approximate surface area is 164 Å². The summed E-state index contributed by atoms with van der Waals surface area (Å²) in [7, 11) is 0. The Kier molecular flexibility index (Phi) is 5.73. The first-order valence-electron chi connectivity index (χ1n) is 9.97. The van der Waals surface area contributed by atoms with Crippen LogP contribution in [-0.2, 0) is 13.1 Å². The molecule has 0 atom stereocenters. The number of aryl methyl sites for hydroxylation is 1. The van der Waals surface area contributed by atoms with E-state index in [1.54, 1.807) is 22.2 Å². The zero-order valence-corrected chi connectivity index (χ0v) is 16.8. The van der Waals surface area contributed by atoms with Gasteiger partial charge in [0.25, 0.3) is 5.91 Å². The third-order valence-corrected chi connectivity index (χ3v) is 6.40. The highest BCUT2D eigenvalue weighted by Crippen LogP contribution is 2.24. The van der Waals surface area contributed by atoms with Crippen molar-refractivity contribution in [3.8, 4) is 0 Å². The summed E-state index contributed by atoms with van der Waals surface area (Å²) in [5, 5.41) is 7.50. The van der Waals surface area contributed by atoms with Gasteiger partial charge in [0.15, 0.2) is 5.13 Å². The minimum Gasteiger partial charge on any atom is -0.345 e. The fourth-order valence-electron chi connectivity index (χ4n) is 3.89. The van der Waals surface area contributed by atoms with Crippen LogP contribution in [-0.4, -0.2) is 69.7 Å². The predicted molar refractivity (Wildman–Crippen MR) is 107 cm³/mol. The third kappa shape index (κ3) is 4.16. The van der Waals surface area contributed by atoms with Gasteiger partial charge in [-0.1, -0.05) is 6.42 Å². The summed E-state index contributed by atoms with van der Waals surface area (Å²) in [5.74, 6) is 0.0823. The molecule has 2 aromatic heterocycles. The maximum atomic E-state index is 12.7. The summed E-state index contributed by atoms with van der Waals surface area (Å²) in [5.41, 5.74) is 1.87. The van der Waals surface area contributed by atoms with Gasteiger partial charge in [0.05, 0.1) is 5.69 Å². The highest BCUT2D eigenvalue weighted by atomic mass is 32.1. The lowest BCUT2D eigenvalue weighted by molar-refractivity contribution is 0.0734. The second kappa shape index (κ2) is 8.39. The topological polar surface area (TPSA) is 57.5 Å². The van der Waals surface area contributed by atoms with Gasteiger partial charge in [-0.3, -0.25) is 14.4 Å². The SMILES string of the molecule is CCn1nccc1C(=O)N1CCN(c2nc(CN3CCCCC3)cs2)CC1. The summed E-state index contributed by atoms with van der Waals surface area (Å²) in [6, 6.07) is 1.81. The molecule has 2 aliphatic heterocycles. The van der Waals surface area contributed by atoms with E-state index in [2.05, 4.69) is 20.3 Å². The zero-order chi connectivity index (χ0) is 18.6. The number of piperazine rings is 1. The molecule has 0 aliphatic carbocycles. The highest BCUT2D eigenvalue weighted by Gasteiger charge is 2.25. The molecule has 2 aromatic rings. The van der Waals surface area contributed by atoms with Crippen LogP contribution in [0.2, 0.25) is 0 Å². The molecule has 4 heterocycles. The van der Waals surface area contributed by atoms with Crippen molar-refractivity contribution in [1.82, 2.24) is 24.6 Å². The molecule has 0 aromatic carbocycles. The monoisotopic (exact) mass is 388 g/mol. The van der Waals surface area contributed by atoms with Crippen LogP contribution in [0.4, 0.5) is 5.13 Å². The van der Waals surface area contributed by atoms with Gasteiger partial charge in [0, 0.05) is 50.8 Å². The standard InChI is InChI=1S/C19H28N6OS/c1-2-25-17(6-7-20-25)18(26)23-10-12-24(13-11-23)19-21-16(15-27-19)14-22-8-4-3-5-9-22/h6-7,15H,2-5,8-14H2,1H3. The Morgan fingerprint density at radius 3 is 2.63 bits per heavy atom. The predicted octanol–water partition coefficient (Wildman–Crippen LogP) is 2.31. The number of piperidine rings is 1. The first-order chi connectivity index (χ1) is 13.2. The Balaban J connectivity index is 1.32. The molecular formula is C19H28N6OS. The summed E-state index contributed by atoms with van der Waals surface area (Å²) in [4.78, 5) is 24.4. The lowest BCUT2D eigenvalue weighted by Gasteiger charge is -2.34. The van der Waals surface area contributed by atoms with E-state index in [4.69, 9.17) is 4.98 Å². The lowest BCUT2D eigenvalue weighted by Crippen LogP contribution is -2.49. The number of hydrogen-bond donors (Lipinski definition) is 0. The van der Waals surface area contributed by atoms with Crippen LogP contribution in [0.3, 0.4) is 0 Å². The number of likely N-dealkylation sites (tertiary alicyclic amines) is 1. The van der Waals surface area contributed by atoms with E-state index in [9.17, 15) is 4.79 Å². The van der Waals surface area contributed by atoms with Gasteiger partial charge in [-0.05, 0) is 38.9 Å². The van der Waals surface area contributed by atoms with Gasteiger partial charge in [0.1, 0.15) is 5.69 Å². The van der Waals surface area contributed by atoms with Gasteiger partial charge in [-0.15, -0.1) is 11.3 Å². The van der Waals surface area contributed by atoms with Crippen LogP contribution in [0.5, 0.6) is 0 Å². The largest absolute Gasteiger partial charge is 0.345 e. The number of anilines is 1. The summed E-state index contributed by atoms with van der Waals surface area (Å²) in [6.07, 6.45) is 5.68. The molecule has 146 valence electrons. The van der Waals surface area contributed by atoms with Crippen LogP contribution in [0.1, 0.15) is 42.4 Å². The minimum atomic E-state index is 0.0823. The molecule has 2 fully saturated rings. The second-order valence-electron chi connectivity index (χ2n) is 7.27. The van der Waals surface area contributed by atoms with Crippen molar-refractivity contribution in [2.24, 2.45) is 0 Å². The Morgan fingerprint density at radius 1 is 1.11 bits per heavy atom. The summed E-state index contributed by atoms with van der Waals surface area (Å²) in [6.45, 7) is 9.22. The molecule has 8 heteroatoms. The van der Waals surface area contributed by atoms with Crippen molar-refractivity contribution >= 4 is 22.4 Å². The second-order valence-corrected chi connectivity index (χ2v) is 8.11. The Bertz CT molecular complexity index is 758. The van der Waals surface area contributed by atoms with E-state index in [1.165, 1.54) is 38.0 Å². The first-order valence-corrected chi connectivity index (χ1v) is 10.9. The molecule has 0 unspecified atom stereocenters. The average molecular weight is 389 g/mol. The van der Waals surface area contributed by atoms with Crippen LogP contribution < -0.4 is 4.90 Å². The fraction of sp³-hybridized carbons (Fsp3) is 0.632. The highest BCUT2D eigenvalue weighted by molar-refractivity contribution is 7.13. The van der Waals surface area contributed by atoms with Crippen molar-refractivity contribution in [3.63, 3.8) is 0 Å². The number of aromatic nitrogens is 3. The van der Waals surface area contributed by atoms with Crippen LogP contribution in [0.25, 0.3) is 0 Å². The van der Waals surface area contributed by atoms with E-state index >= 15 is 0 Å². The number of amides is 1. The quantitative estimate of drug-likeness (QED) is 0.787. The molecule has 4 rings (SSSR count). The van der Waals surface area contributed by atoms with Gasteiger partial charge in [0.2, 0.25) is 0 Å². The van der Waals surface area contributed by atoms with E-state index < -0.39 is 0 Å². The molecule has 27 heavy (non-hydrogen) atoms. The normalized spacial score (nSPS) is 18.9. The van der Waals surface area contributed by atoms with Crippen LogP contribution in [0, 0.1) is 0 Å². The molecule has 1 amide bonds. The molecule has 0 saturated carbocycles. The number of rotatable bonds is 5. The van der Waals surface area contributed by atoms with E-state index in [-0.39, 0.29) is 5.91 Å². The molecule has 7 nitrogen and oxygen atoms in total. The third-order valence-electron chi connectivity index (χ3n) is 5.45. The van der Waals surface area contributed by atoms with Crippen molar-refractivity contribution in [3.05, 3.63) is 29.0 Å². The molecule has 2 saturated heterocycles. The first kappa shape index (κ1) is 18.4. The van der Waals surface area contributed by atoms with Crippen LogP contribution >= 0.6 is 11.3 Å². The number of carbonyl (C=O) groups is 1. The molecule has 0 N–H and O–H groups in total. The smallest absolute Gasteiger partial charge is 0.272 e. The van der Waals surface area contributed by atoms with E-state index in [1.807, 2.05) is 17.9 Å². The fourth-order valence-corrected chi connectivity index (χ4v) is 4.76. The van der Waals surface area contributed by atoms with E-state index in [0.29, 0.717) is 12.2 Å². The zero-order valence-electron chi connectivity index (χ0n) is 16.0. The van der Waals surface area contributed by atoms with Crippen molar-refractivity contribution in [2.75, 3.05) is 44.2 Å². The average Bonchev–Trinajstić information content (AvgIpc) is 3.38. The van der Waals surface area contributed by atoms with E-state index in [0.717, 1.165) is 37.9 Å². The Hall–Kier alpha value is -1.93. The summed E-state index contributed by atoms with van der Waals surface area (Å²) >= 11 is 1.73. The maximum absolute atomic E-state index is 12.7. The molecule has 2 aliphatic rings. The number of hydrogen-bond acceptors (Lipinski definition) is 6. The van der Waals surface area contributed by atoms with Crippen molar-refractivity contribution in [1.29, 1.82) is 0 Å². The molecule has 0 radical (unpaired) electrons. The Morgan fingerprint density at radius 2 is 1.89 bits per heavy atom. The van der Waals surface area contributed by atoms with Gasteiger partial charge in [-0.2, -0.15) is 5.10 Å². The molecule has 0 spiro atoms. The van der Waals surface area contributed by atoms with Gasteiger partial charge < -0.3 is 9.80 Å². The molecular weight excluding hydrogens is 360 g/mol. The van der Waals surface area contributed by atoms with Gasteiger partial charge in [-0.25, -0.2) is 4.98 Å².